The maximum absolute atomic E-state index is 4.33. The highest BCUT2D eigenvalue weighted by Crippen LogP contribution is 2.16. The van der Waals surface area contributed by atoms with Gasteiger partial charge in [-0.2, -0.15) is 11.3 Å². The molecule has 3 rings (SSSR count). The molecule has 0 bridgehead atoms. The molecular weight excluding hydrogens is 455 g/mol. The monoisotopic (exact) mass is 484 g/mol. The van der Waals surface area contributed by atoms with Crippen molar-refractivity contribution in [2.45, 2.75) is 19.4 Å². The van der Waals surface area contributed by atoms with Crippen molar-refractivity contribution in [1.29, 1.82) is 0 Å². The van der Waals surface area contributed by atoms with Gasteiger partial charge in [0, 0.05) is 33.2 Å². The van der Waals surface area contributed by atoms with Gasteiger partial charge >= 0.3 is 0 Å². The maximum atomic E-state index is 4.33. The molecule has 1 unspecified atom stereocenters. The number of hydrogen-bond acceptors (Lipinski definition) is 3. The van der Waals surface area contributed by atoms with Crippen LogP contribution >= 0.6 is 35.3 Å². The van der Waals surface area contributed by atoms with Gasteiger partial charge in [-0.05, 0) is 53.3 Å². The molecule has 0 saturated carbocycles. The highest BCUT2D eigenvalue weighted by molar-refractivity contribution is 14.0. The Bertz CT molecular complexity index is 645. The minimum absolute atomic E-state index is 0. The zero-order valence-electron chi connectivity index (χ0n) is 15.4. The summed E-state index contributed by atoms with van der Waals surface area (Å²) in [6.07, 6.45) is 2.41. The first kappa shape index (κ1) is 21.2. The number of hydrogen-bond donors (Lipinski definition) is 2. The number of benzene rings is 1. The van der Waals surface area contributed by atoms with E-state index in [1.807, 2.05) is 7.05 Å². The molecule has 1 saturated heterocycles. The first-order valence-electron chi connectivity index (χ1n) is 9.05. The van der Waals surface area contributed by atoms with Gasteiger partial charge in [0.2, 0.25) is 0 Å². The number of thiophene rings is 1. The Morgan fingerprint density at radius 3 is 2.77 bits per heavy atom. The molecule has 0 spiro atoms. The lowest BCUT2D eigenvalue weighted by Crippen LogP contribution is -2.39. The van der Waals surface area contributed by atoms with Crippen LogP contribution in [0.15, 0.2) is 52.2 Å². The van der Waals surface area contributed by atoms with E-state index in [1.54, 1.807) is 11.3 Å². The lowest BCUT2D eigenvalue weighted by Gasteiger charge is -2.17. The van der Waals surface area contributed by atoms with Crippen LogP contribution in [0, 0.1) is 5.92 Å². The normalized spacial score (nSPS) is 17.7. The summed E-state index contributed by atoms with van der Waals surface area (Å²) in [4.78, 5) is 6.91. The van der Waals surface area contributed by atoms with E-state index < -0.39 is 0 Å². The Morgan fingerprint density at radius 2 is 2.04 bits per heavy atom. The molecule has 1 atom stereocenters. The van der Waals surface area contributed by atoms with Gasteiger partial charge in [0.05, 0.1) is 0 Å². The lowest BCUT2D eigenvalue weighted by molar-refractivity contribution is 0.328. The average molecular weight is 484 g/mol. The summed E-state index contributed by atoms with van der Waals surface area (Å²) >= 11 is 1.73. The van der Waals surface area contributed by atoms with E-state index in [2.05, 4.69) is 67.7 Å². The third kappa shape index (κ3) is 6.89. The third-order valence-corrected chi connectivity index (χ3v) is 5.48. The number of likely N-dealkylation sites (tertiary alicyclic amines) is 1. The molecule has 2 heterocycles. The van der Waals surface area contributed by atoms with Crippen LogP contribution in [0.4, 0.5) is 0 Å². The summed E-state index contributed by atoms with van der Waals surface area (Å²) in [5.41, 5.74) is 2.74. The molecule has 1 aromatic heterocycles. The Labute approximate surface area is 178 Å². The zero-order valence-corrected chi connectivity index (χ0v) is 18.5. The van der Waals surface area contributed by atoms with Gasteiger partial charge in [-0.1, -0.05) is 30.3 Å². The van der Waals surface area contributed by atoms with Crippen molar-refractivity contribution in [1.82, 2.24) is 15.5 Å². The molecule has 1 aliphatic rings. The van der Waals surface area contributed by atoms with Crippen molar-refractivity contribution in [2.24, 2.45) is 10.9 Å². The summed E-state index contributed by atoms with van der Waals surface area (Å²) in [5, 5.41) is 11.1. The zero-order chi connectivity index (χ0) is 17.3. The second-order valence-corrected chi connectivity index (χ2v) is 7.41. The van der Waals surface area contributed by atoms with Crippen LogP contribution in [0.5, 0.6) is 0 Å². The van der Waals surface area contributed by atoms with E-state index in [9.17, 15) is 0 Å². The maximum Gasteiger partial charge on any atom is 0.191 e. The van der Waals surface area contributed by atoms with Crippen molar-refractivity contribution in [3.8, 4) is 0 Å². The van der Waals surface area contributed by atoms with Crippen molar-refractivity contribution >= 4 is 41.3 Å². The van der Waals surface area contributed by atoms with Gasteiger partial charge in [0.15, 0.2) is 5.96 Å². The van der Waals surface area contributed by atoms with Crippen LogP contribution in [0.25, 0.3) is 0 Å². The Balaban J connectivity index is 0.00000243. The fourth-order valence-corrected chi connectivity index (χ4v) is 3.92. The first-order valence-corrected chi connectivity index (χ1v) is 9.99. The molecule has 4 nitrogen and oxygen atoms in total. The van der Waals surface area contributed by atoms with Crippen molar-refractivity contribution < 1.29 is 0 Å². The topological polar surface area (TPSA) is 39.7 Å². The molecule has 0 aliphatic carbocycles. The van der Waals surface area contributed by atoms with E-state index in [-0.39, 0.29) is 24.0 Å². The number of rotatable bonds is 7. The smallest absolute Gasteiger partial charge is 0.191 e. The number of aliphatic imine (C=N–C) groups is 1. The van der Waals surface area contributed by atoms with Crippen LogP contribution < -0.4 is 10.6 Å². The minimum Gasteiger partial charge on any atom is -0.356 e. The molecule has 1 aliphatic heterocycles. The molecule has 26 heavy (non-hydrogen) atoms. The molecule has 142 valence electrons. The Morgan fingerprint density at radius 1 is 1.19 bits per heavy atom. The highest BCUT2D eigenvalue weighted by Gasteiger charge is 2.22. The van der Waals surface area contributed by atoms with Gasteiger partial charge in [-0.15, -0.1) is 24.0 Å². The van der Waals surface area contributed by atoms with E-state index >= 15 is 0 Å². The van der Waals surface area contributed by atoms with Crippen molar-refractivity contribution in [2.75, 3.05) is 33.2 Å². The Kier molecular flexibility index (Phi) is 9.42. The van der Waals surface area contributed by atoms with Crippen LogP contribution in [0.2, 0.25) is 0 Å². The fourth-order valence-electron chi connectivity index (χ4n) is 3.26. The predicted octanol–water partition coefficient (Wildman–Crippen LogP) is 3.60. The van der Waals surface area contributed by atoms with Crippen LogP contribution in [-0.4, -0.2) is 44.1 Å². The van der Waals surface area contributed by atoms with Crippen LogP contribution in [0.1, 0.15) is 17.5 Å². The molecular formula is C20H29IN4S. The quantitative estimate of drug-likeness (QED) is 0.359. The highest BCUT2D eigenvalue weighted by atomic mass is 127. The van der Waals surface area contributed by atoms with Crippen LogP contribution in [-0.2, 0) is 13.0 Å². The standard InChI is InChI=1S/C20H28N4S.HI/c1-21-20(23-14-19-9-12-25-16-19)22-13-18-8-11-24(15-18)10-7-17-5-3-2-4-6-17;/h2-6,9,12,16,18H,7-8,10-11,13-15H2,1H3,(H2,21,22,23);1H. The third-order valence-electron chi connectivity index (χ3n) is 4.75. The van der Waals surface area contributed by atoms with E-state index in [0.717, 1.165) is 32.0 Å². The summed E-state index contributed by atoms with van der Waals surface area (Å²) in [5.74, 6) is 1.60. The fraction of sp³-hybridized carbons (Fsp3) is 0.450. The molecule has 2 aromatic rings. The number of nitrogens with one attached hydrogen (secondary N) is 2. The van der Waals surface area contributed by atoms with Gasteiger partial charge in [-0.3, -0.25) is 4.99 Å². The number of guanidine groups is 1. The van der Waals surface area contributed by atoms with E-state index in [4.69, 9.17) is 0 Å². The van der Waals surface area contributed by atoms with Crippen molar-refractivity contribution in [3.63, 3.8) is 0 Å². The largest absolute Gasteiger partial charge is 0.356 e. The molecule has 6 heteroatoms. The Hall–Kier alpha value is -1.12. The minimum atomic E-state index is 0. The second kappa shape index (κ2) is 11.6. The summed E-state index contributed by atoms with van der Waals surface area (Å²) in [6.45, 7) is 5.37. The van der Waals surface area contributed by atoms with Gasteiger partial charge in [0.25, 0.3) is 0 Å². The van der Waals surface area contributed by atoms with Crippen molar-refractivity contribution in [3.05, 3.63) is 58.3 Å². The predicted molar refractivity (Wildman–Crippen MR) is 123 cm³/mol. The number of halogens is 1. The average Bonchev–Trinajstić information content (AvgIpc) is 3.33. The van der Waals surface area contributed by atoms with Gasteiger partial charge in [0.1, 0.15) is 0 Å². The van der Waals surface area contributed by atoms with Crippen LogP contribution in [0.3, 0.4) is 0 Å². The molecule has 2 N–H and O–H groups in total. The van der Waals surface area contributed by atoms with Gasteiger partial charge in [-0.25, -0.2) is 0 Å². The summed E-state index contributed by atoms with van der Waals surface area (Å²) in [7, 11) is 1.84. The molecule has 1 fully saturated rings. The molecule has 0 amide bonds. The lowest BCUT2D eigenvalue weighted by atomic mass is 10.1. The van der Waals surface area contributed by atoms with E-state index in [0.29, 0.717) is 5.92 Å². The summed E-state index contributed by atoms with van der Waals surface area (Å²) < 4.78 is 0. The number of nitrogens with zero attached hydrogens (tertiary/aromatic N) is 2. The molecule has 1 aromatic carbocycles. The summed E-state index contributed by atoms with van der Waals surface area (Å²) in [6, 6.07) is 12.9. The van der Waals surface area contributed by atoms with Gasteiger partial charge < -0.3 is 15.5 Å². The second-order valence-electron chi connectivity index (χ2n) is 6.63. The first-order chi connectivity index (χ1) is 12.3. The van der Waals surface area contributed by atoms with E-state index in [1.165, 1.54) is 30.6 Å². The SMILES string of the molecule is CN=C(NCc1ccsc1)NCC1CCN(CCc2ccccc2)C1.I. The molecule has 0 radical (unpaired) electrons.